The van der Waals surface area contributed by atoms with Gasteiger partial charge in [-0.2, -0.15) is 4.37 Å². The van der Waals surface area contributed by atoms with Gasteiger partial charge in [0.2, 0.25) is 11.0 Å². The Morgan fingerprint density at radius 2 is 1.97 bits per heavy atom. The fourth-order valence-electron chi connectivity index (χ4n) is 3.72. The van der Waals surface area contributed by atoms with Crippen molar-refractivity contribution in [2.75, 3.05) is 11.4 Å². The van der Waals surface area contributed by atoms with E-state index in [1.54, 1.807) is 0 Å². The highest BCUT2D eigenvalue weighted by molar-refractivity contribution is 7.09. The summed E-state index contributed by atoms with van der Waals surface area (Å²) >= 11 is 1.39. The lowest BCUT2D eigenvalue weighted by molar-refractivity contribution is -0.122. The van der Waals surface area contributed by atoms with Gasteiger partial charge in [0.1, 0.15) is 11.9 Å². The largest absolute Gasteiger partial charge is 0.348 e. The minimum Gasteiger partial charge on any atom is -0.348 e. The fourth-order valence-corrected chi connectivity index (χ4v) is 4.49. The van der Waals surface area contributed by atoms with Crippen LogP contribution in [0.5, 0.6) is 0 Å². The van der Waals surface area contributed by atoms with Crippen LogP contribution in [0.15, 0.2) is 54.6 Å². The van der Waals surface area contributed by atoms with Crippen LogP contribution in [-0.2, 0) is 11.2 Å². The second-order valence-corrected chi connectivity index (χ2v) is 8.38. The summed E-state index contributed by atoms with van der Waals surface area (Å²) in [5, 5.41) is 4.01. The predicted molar refractivity (Wildman–Crippen MR) is 117 cm³/mol. The molecule has 5 nitrogen and oxygen atoms in total. The number of nitrogens with zero attached hydrogens (tertiary/aromatic N) is 3. The van der Waals surface area contributed by atoms with E-state index in [-0.39, 0.29) is 18.0 Å². The number of aromatic nitrogens is 2. The minimum atomic E-state index is -0.179. The van der Waals surface area contributed by atoms with Gasteiger partial charge in [0.25, 0.3) is 0 Å². The Bertz CT molecular complexity index is 955. The lowest BCUT2D eigenvalue weighted by Gasteiger charge is -2.24. The highest BCUT2D eigenvalue weighted by atomic mass is 32.1. The molecule has 1 aromatic heterocycles. The molecule has 3 aromatic rings. The lowest BCUT2D eigenvalue weighted by Crippen LogP contribution is -2.44. The van der Waals surface area contributed by atoms with Crippen molar-refractivity contribution in [3.05, 3.63) is 77.1 Å². The summed E-state index contributed by atoms with van der Waals surface area (Å²) < 4.78 is 4.54. The Morgan fingerprint density at radius 3 is 2.72 bits per heavy atom. The van der Waals surface area contributed by atoms with Gasteiger partial charge in [-0.25, -0.2) is 4.98 Å². The van der Waals surface area contributed by atoms with Crippen LogP contribution in [-0.4, -0.2) is 27.9 Å². The average Bonchev–Trinajstić information content (AvgIpc) is 3.39. The van der Waals surface area contributed by atoms with Gasteiger partial charge in [0.15, 0.2) is 0 Å². The number of carbonyl (C=O) groups excluding carboxylic acids is 1. The smallest absolute Gasteiger partial charge is 0.243 e. The molecule has 0 bridgehead atoms. The van der Waals surface area contributed by atoms with Crippen molar-refractivity contribution < 1.29 is 4.79 Å². The summed E-state index contributed by atoms with van der Waals surface area (Å²) in [4.78, 5) is 19.8. The number of rotatable bonds is 6. The van der Waals surface area contributed by atoms with E-state index < -0.39 is 0 Å². The molecular formula is C23H26N4OS. The van der Waals surface area contributed by atoms with Gasteiger partial charge in [-0.1, -0.05) is 60.2 Å². The van der Waals surface area contributed by atoms with E-state index in [1.165, 1.54) is 22.7 Å². The quantitative estimate of drug-likeness (QED) is 0.664. The Balaban J connectivity index is 1.42. The van der Waals surface area contributed by atoms with Gasteiger partial charge in [0, 0.05) is 24.5 Å². The maximum absolute atomic E-state index is 12.9. The van der Waals surface area contributed by atoms with Crippen molar-refractivity contribution in [1.29, 1.82) is 0 Å². The molecule has 0 spiro atoms. The normalized spacial score (nSPS) is 17.3. The summed E-state index contributed by atoms with van der Waals surface area (Å²) in [6, 6.07) is 18.3. The van der Waals surface area contributed by atoms with Gasteiger partial charge < -0.3 is 10.2 Å². The second-order valence-electron chi connectivity index (χ2n) is 7.65. The minimum absolute atomic E-state index is 0.0160. The van der Waals surface area contributed by atoms with E-state index in [0.29, 0.717) is 6.42 Å². The molecule has 1 N–H and O–H groups in total. The first-order chi connectivity index (χ1) is 14.1. The molecule has 2 heterocycles. The molecule has 0 aliphatic carbocycles. The summed E-state index contributed by atoms with van der Waals surface area (Å²) in [7, 11) is 0. The molecule has 1 fully saturated rings. The van der Waals surface area contributed by atoms with Gasteiger partial charge in [-0.3, -0.25) is 4.79 Å². The molecule has 1 amide bonds. The number of amides is 1. The molecule has 1 aliphatic rings. The van der Waals surface area contributed by atoms with E-state index in [4.69, 9.17) is 4.98 Å². The number of nitrogens with one attached hydrogen (secondary N) is 1. The van der Waals surface area contributed by atoms with E-state index in [1.807, 2.05) is 37.3 Å². The topological polar surface area (TPSA) is 58.1 Å². The first kappa shape index (κ1) is 19.6. The summed E-state index contributed by atoms with van der Waals surface area (Å²) in [6.45, 7) is 4.95. The Morgan fingerprint density at radius 1 is 1.21 bits per heavy atom. The first-order valence-electron chi connectivity index (χ1n) is 10.1. The van der Waals surface area contributed by atoms with Crippen molar-refractivity contribution in [3.63, 3.8) is 0 Å². The van der Waals surface area contributed by atoms with Crippen molar-refractivity contribution in [2.24, 2.45) is 0 Å². The zero-order valence-electron chi connectivity index (χ0n) is 16.8. The molecule has 0 radical (unpaired) electrons. The van der Waals surface area contributed by atoms with Crippen LogP contribution in [0.1, 0.15) is 48.3 Å². The van der Waals surface area contributed by atoms with Crippen molar-refractivity contribution >= 4 is 22.6 Å². The average molecular weight is 407 g/mol. The molecular weight excluding hydrogens is 380 g/mol. The molecule has 2 aromatic carbocycles. The predicted octanol–water partition coefficient (Wildman–Crippen LogP) is 4.28. The molecule has 4 rings (SSSR count). The molecule has 1 aliphatic heterocycles. The molecule has 6 heteroatoms. The van der Waals surface area contributed by atoms with Gasteiger partial charge in [0.05, 0.1) is 6.04 Å². The van der Waals surface area contributed by atoms with Crippen molar-refractivity contribution in [2.45, 2.75) is 45.2 Å². The Labute approximate surface area is 176 Å². The zero-order chi connectivity index (χ0) is 20.2. The molecule has 150 valence electrons. The van der Waals surface area contributed by atoms with Crippen LogP contribution in [0.4, 0.5) is 5.13 Å². The standard InChI is InChI=1S/C23H26N4OS/c1-16-10-12-18(13-11-16)15-21-25-23(29-26-21)27-14-6-9-20(27)22(28)24-17(2)19-7-4-3-5-8-19/h3-5,7-8,10-13,17,20H,6,9,14-15H2,1-2H3,(H,24,28). The third-order valence-electron chi connectivity index (χ3n) is 5.40. The molecule has 2 atom stereocenters. The van der Waals surface area contributed by atoms with E-state index in [0.717, 1.165) is 35.9 Å². The number of carbonyl (C=O) groups is 1. The number of hydrogen-bond acceptors (Lipinski definition) is 5. The van der Waals surface area contributed by atoms with Crippen LogP contribution in [0.25, 0.3) is 0 Å². The van der Waals surface area contributed by atoms with Crippen LogP contribution in [0, 0.1) is 6.92 Å². The Hall–Kier alpha value is -2.73. The highest BCUT2D eigenvalue weighted by Crippen LogP contribution is 2.28. The molecule has 1 saturated heterocycles. The van der Waals surface area contributed by atoms with Gasteiger partial charge in [-0.15, -0.1) is 0 Å². The number of anilines is 1. The summed E-state index contributed by atoms with van der Waals surface area (Å²) in [6.07, 6.45) is 2.55. The van der Waals surface area contributed by atoms with Crippen molar-refractivity contribution in [1.82, 2.24) is 14.7 Å². The SMILES string of the molecule is Cc1ccc(Cc2nsc(N3CCCC3C(=O)NC(C)c3ccccc3)n2)cc1. The third kappa shape index (κ3) is 4.65. The van der Waals surface area contributed by atoms with Crippen LogP contribution in [0.3, 0.4) is 0 Å². The highest BCUT2D eigenvalue weighted by Gasteiger charge is 2.33. The fraction of sp³-hybridized carbons (Fsp3) is 0.348. The Kier molecular flexibility index (Phi) is 5.90. The number of aryl methyl sites for hydroxylation is 1. The van der Waals surface area contributed by atoms with E-state index in [2.05, 4.69) is 45.8 Å². The van der Waals surface area contributed by atoms with Gasteiger partial charge in [-0.05, 0) is 37.8 Å². The summed E-state index contributed by atoms with van der Waals surface area (Å²) in [5.41, 5.74) is 3.56. The monoisotopic (exact) mass is 406 g/mol. The van der Waals surface area contributed by atoms with Crippen LogP contribution < -0.4 is 10.2 Å². The maximum atomic E-state index is 12.9. The lowest BCUT2D eigenvalue weighted by atomic mass is 10.1. The van der Waals surface area contributed by atoms with Gasteiger partial charge >= 0.3 is 0 Å². The molecule has 29 heavy (non-hydrogen) atoms. The zero-order valence-corrected chi connectivity index (χ0v) is 17.7. The van der Waals surface area contributed by atoms with Crippen LogP contribution >= 0.6 is 11.5 Å². The van der Waals surface area contributed by atoms with Crippen LogP contribution in [0.2, 0.25) is 0 Å². The van der Waals surface area contributed by atoms with E-state index >= 15 is 0 Å². The number of hydrogen-bond donors (Lipinski definition) is 1. The second kappa shape index (κ2) is 8.74. The summed E-state index contributed by atoms with van der Waals surface area (Å²) in [5.74, 6) is 0.881. The third-order valence-corrected chi connectivity index (χ3v) is 6.19. The van der Waals surface area contributed by atoms with E-state index in [9.17, 15) is 4.79 Å². The molecule has 2 unspecified atom stereocenters. The van der Waals surface area contributed by atoms with Crippen molar-refractivity contribution in [3.8, 4) is 0 Å². The number of benzene rings is 2. The maximum Gasteiger partial charge on any atom is 0.243 e. The first-order valence-corrected chi connectivity index (χ1v) is 10.9. The molecule has 0 saturated carbocycles.